The third-order valence-corrected chi connectivity index (χ3v) is 11.8. The first-order valence-electron chi connectivity index (χ1n) is 8.95. The van der Waals surface area contributed by atoms with Crippen molar-refractivity contribution in [3.8, 4) is 39.2 Å². The second kappa shape index (κ2) is 9.21. The molecule has 32 heavy (non-hydrogen) atoms. The topological polar surface area (TPSA) is 102 Å². The Balaban J connectivity index is 2.29. The molecule has 0 aliphatic rings. The molecule has 10 heteroatoms. The Morgan fingerprint density at radius 1 is 0.938 bits per heavy atom. The van der Waals surface area contributed by atoms with E-state index in [0.717, 1.165) is 47.3 Å². The fraction of sp³-hybridized carbons (Fsp3) is 0.0909. The predicted molar refractivity (Wildman–Crippen MR) is 126 cm³/mol. The van der Waals surface area contributed by atoms with Gasteiger partial charge in [0.25, 0.3) is 0 Å². The molecule has 4 aromatic rings. The summed E-state index contributed by atoms with van der Waals surface area (Å²) in [6.45, 7) is 11.3. The van der Waals surface area contributed by atoms with Crippen molar-refractivity contribution in [3.05, 3.63) is 62.2 Å². The van der Waals surface area contributed by atoms with Crippen LogP contribution < -0.4 is 8.19 Å². The normalized spacial score (nSPS) is 12.3. The maximum absolute atomic E-state index is 9.45. The fourth-order valence-electron chi connectivity index (χ4n) is 2.94. The molecule has 0 N–H and O–H groups in total. The summed E-state index contributed by atoms with van der Waals surface area (Å²) in [5.74, 6) is 0. The van der Waals surface area contributed by atoms with Crippen LogP contribution in [0.15, 0.2) is 24.5 Å². The van der Waals surface area contributed by atoms with E-state index < -0.39 is 0 Å². The first-order valence-corrected chi connectivity index (χ1v) is 14.0. The summed E-state index contributed by atoms with van der Waals surface area (Å²) < 4.78 is 3.59. The molecule has 0 bridgehead atoms. The molecule has 6 nitrogen and oxygen atoms in total. The van der Waals surface area contributed by atoms with E-state index in [2.05, 4.69) is 14.8 Å². The van der Waals surface area contributed by atoms with Crippen molar-refractivity contribution in [2.24, 2.45) is 0 Å². The third-order valence-electron chi connectivity index (χ3n) is 4.33. The monoisotopic (exact) mass is 582 g/mol. The van der Waals surface area contributed by atoms with Gasteiger partial charge in [-0.1, -0.05) is 0 Å². The molecule has 0 radical (unpaired) electrons. The van der Waals surface area contributed by atoms with Crippen LogP contribution in [0.25, 0.3) is 37.1 Å². The molecule has 4 aromatic heterocycles. The molecule has 0 aliphatic carbocycles. The second-order valence-corrected chi connectivity index (χ2v) is 13.3. The molecule has 0 aliphatic heterocycles. The number of rotatable bonds is 2. The summed E-state index contributed by atoms with van der Waals surface area (Å²) in [6, 6.07) is 9.90. The summed E-state index contributed by atoms with van der Waals surface area (Å²) >= 11 is 2.60. The van der Waals surface area contributed by atoms with Crippen LogP contribution in [0.4, 0.5) is 0 Å². The number of thiazole rings is 2. The van der Waals surface area contributed by atoms with Gasteiger partial charge in [-0.2, -0.15) is 0 Å². The van der Waals surface area contributed by atoms with Crippen LogP contribution in [-0.2, 0) is 0 Å². The van der Waals surface area contributed by atoms with E-state index in [-0.39, 0.29) is 40.3 Å². The van der Waals surface area contributed by atoms with Crippen molar-refractivity contribution in [1.82, 2.24) is 9.97 Å². The van der Waals surface area contributed by atoms with Gasteiger partial charge >= 0.3 is 204 Å². The number of aryl methyl sites for hydroxylation is 2. The van der Waals surface area contributed by atoms with Gasteiger partial charge in [0, 0.05) is 0 Å². The fourth-order valence-corrected chi connectivity index (χ4v) is 10.2. The van der Waals surface area contributed by atoms with E-state index in [1.54, 1.807) is 22.7 Å². The summed E-state index contributed by atoms with van der Waals surface area (Å²) in [5.41, 5.74) is 2.11. The first-order chi connectivity index (χ1) is 15.5. The van der Waals surface area contributed by atoms with Crippen molar-refractivity contribution in [2.75, 3.05) is 0 Å². The van der Waals surface area contributed by atoms with Gasteiger partial charge in [0.2, 0.25) is 0 Å². The van der Waals surface area contributed by atoms with Gasteiger partial charge < -0.3 is 0 Å². The summed E-state index contributed by atoms with van der Waals surface area (Å²) in [4.78, 5) is 14.4. The molecule has 4 rings (SSSR count). The van der Waals surface area contributed by atoms with Gasteiger partial charge in [-0.3, -0.25) is 0 Å². The Labute approximate surface area is 202 Å². The molecule has 0 aromatic carbocycles. The quantitative estimate of drug-likeness (QED) is 0.268. The van der Waals surface area contributed by atoms with Crippen molar-refractivity contribution in [3.63, 3.8) is 0 Å². The van der Waals surface area contributed by atoms with Crippen LogP contribution in [0, 0.1) is 62.6 Å². The van der Waals surface area contributed by atoms with Crippen LogP contribution in [0.2, 0.25) is 0 Å². The molecule has 0 saturated heterocycles. The van der Waals surface area contributed by atoms with E-state index in [0.29, 0.717) is 0 Å². The molecule has 0 saturated carbocycles. The van der Waals surface area contributed by atoms with E-state index in [1.165, 1.54) is 0 Å². The third kappa shape index (κ3) is 4.05. The minimum atomic E-state index is -0.269. The Morgan fingerprint density at radius 2 is 1.62 bits per heavy atom. The Morgan fingerprint density at radius 3 is 2.19 bits per heavy atom. The van der Waals surface area contributed by atoms with E-state index in [9.17, 15) is 15.8 Å². The van der Waals surface area contributed by atoms with Crippen molar-refractivity contribution >= 4 is 63.0 Å². The number of hydrogen-bond donors (Lipinski definition) is 0. The van der Waals surface area contributed by atoms with E-state index >= 15 is 0 Å². The zero-order valence-electron chi connectivity index (χ0n) is 16.6. The number of aromatic nitrogens is 2. The van der Waals surface area contributed by atoms with Crippen LogP contribution in [-0.4, -0.2) is 39.0 Å². The van der Waals surface area contributed by atoms with E-state index in [1.807, 2.05) is 56.6 Å². The molecular weight excluding hydrogens is 570 g/mol. The van der Waals surface area contributed by atoms with Crippen molar-refractivity contribution in [1.29, 1.82) is 15.8 Å². The van der Waals surface area contributed by atoms with Gasteiger partial charge in [-0.25, -0.2) is 0 Å². The number of nitrogens with zero attached hydrogens (tertiary/aromatic N) is 6. The summed E-state index contributed by atoms with van der Waals surface area (Å²) in [5, 5.41) is 30.1. The van der Waals surface area contributed by atoms with Gasteiger partial charge in [-0.05, 0) is 0 Å². The van der Waals surface area contributed by atoms with Crippen LogP contribution in [0.5, 0.6) is 0 Å². The predicted octanol–water partition coefficient (Wildman–Crippen LogP) is 2.70. The first kappa shape index (κ1) is 22.2. The number of hydrogen-bond acceptors (Lipinski definition) is 7. The zero-order valence-corrected chi connectivity index (χ0v) is 21.7. The molecule has 0 spiro atoms. The number of nitriles is 3. The Bertz CT molecular complexity index is 1590. The second-order valence-electron chi connectivity index (χ2n) is 6.40. The SMILES string of the molecule is [C-]#[N+]/C(C#N)=c1\cc(-c2ncc(C)s2)/c(=c2\[se]c(=C(C#N)C#N)cc2-c2cnc(C)s2)[se]1. The molecule has 0 atom stereocenters. The van der Waals surface area contributed by atoms with Gasteiger partial charge in [-0.15, -0.1) is 0 Å². The standard InChI is InChI=1S/C22H10N6S2Se2/c1-11-9-28-22(29-11)15-5-19(16(8-25)26-3)32-21(15)20-14(17-10-27-12(2)30-17)4-18(31-20)13(6-23)7-24/h4-5,9-10H,1-2H3/b19-16+,21-20+. The average Bonchev–Trinajstić information content (AvgIpc) is 3.56. The molecule has 4 heterocycles. The molecule has 0 amide bonds. The Kier molecular flexibility index (Phi) is 6.38. The average molecular weight is 580 g/mol. The molecular formula is C22H10N6S2Se2. The summed E-state index contributed by atoms with van der Waals surface area (Å²) in [7, 11) is 0. The van der Waals surface area contributed by atoms with Gasteiger partial charge in [0.1, 0.15) is 0 Å². The van der Waals surface area contributed by atoms with Gasteiger partial charge in [0.15, 0.2) is 0 Å². The minimum absolute atomic E-state index is 0.0987. The zero-order chi connectivity index (χ0) is 22.8. The van der Waals surface area contributed by atoms with Crippen molar-refractivity contribution in [2.45, 2.75) is 13.8 Å². The molecule has 152 valence electrons. The molecule has 0 fully saturated rings. The Hall–Kier alpha value is -3.04. The van der Waals surface area contributed by atoms with Gasteiger partial charge in [0.05, 0.1) is 0 Å². The molecule has 0 unspecified atom stereocenters. The van der Waals surface area contributed by atoms with E-state index in [4.69, 9.17) is 6.57 Å². The van der Waals surface area contributed by atoms with Crippen molar-refractivity contribution < 1.29 is 0 Å². The summed E-state index contributed by atoms with van der Waals surface area (Å²) in [6.07, 6.45) is 3.63. The van der Waals surface area contributed by atoms with Crippen LogP contribution in [0.3, 0.4) is 0 Å². The van der Waals surface area contributed by atoms with Crippen LogP contribution >= 0.6 is 22.7 Å². The maximum atomic E-state index is 9.45. The van der Waals surface area contributed by atoms with Crippen LogP contribution in [0.1, 0.15) is 9.88 Å².